The second-order valence-corrected chi connectivity index (χ2v) is 7.87. The molecule has 1 saturated heterocycles. The zero-order chi connectivity index (χ0) is 19.7. The molecule has 1 fully saturated rings. The highest BCUT2D eigenvalue weighted by molar-refractivity contribution is 7.19. The highest BCUT2D eigenvalue weighted by atomic mass is 32.1. The Balaban J connectivity index is 1.66. The molecule has 3 heterocycles. The van der Waals surface area contributed by atoms with Crippen molar-refractivity contribution in [2.75, 3.05) is 13.2 Å². The van der Waals surface area contributed by atoms with Gasteiger partial charge in [0.2, 0.25) is 5.91 Å². The van der Waals surface area contributed by atoms with Gasteiger partial charge in [0.05, 0.1) is 15.8 Å². The summed E-state index contributed by atoms with van der Waals surface area (Å²) in [6, 6.07) is 5.86. The molecule has 9 heteroatoms. The average molecular weight is 402 g/mol. The van der Waals surface area contributed by atoms with Gasteiger partial charge >= 0.3 is 0 Å². The Hall–Kier alpha value is -2.65. The number of aryl methyl sites for hydroxylation is 1. The first-order chi connectivity index (χ1) is 13.5. The van der Waals surface area contributed by atoms with Crippen LogP contribution in [0.2, 0.25) is 0 Å². The first-order valence-corrected chi connectivity index (χ1v) is 9.85. The van der Waals surface area contributed by atoms with E-state index in [4.69, 9.17) is 4.74 Å². The van der Waals surface area contributed by atoms with Crippen LogP contribution in [0.15, 0.2) is 29.1 Å². The van der Waals surface area contributed by atoms with Crippen LogP contribution in [0.4, 0.5) is 4.39 Å². The van der Waals surface area contributed by atoms with Crippen molar-refractivity contribution in [1.82, 2.24) is 20.1 Å². The number of aromatic nitrogens is 3. The first-order valence-electron chi connectivity index (χ1n) is 9.04. The van der Waals surface area contributed by atoms with E-state index in [0.29, 0.717) is 29.1 Å². The van der Waals surface area contributed by atoms with E-state index in [1.54, 1.807) is 19.1 Å². The van der Waals surface area contributed by atoms with Gasteiger partial charge in [-0.2, -0.15) is 5.10 Å². The van der Waals surface area contributed by atoms with E-state index in [1.807, 2.05) is 0 Å². The predicted octanol–water partition coefficient (Wildman–Crippen LogP) is 2.26. The topological polar surface area (TPSA) is 86.1 Å². The van der Waals surface area contributed by atoms with Crippen molar-refractivity contribution in [3.8, 4) is 11.3 Å². The number of amides is 1. The molecule has 28 heavy (non-hydrogen) atoms. The predicted molar refractivity (Wildman–Crippen MR) is 104 cm³/mol. The molecule has 3 aromatic rings. The minimum atomic E-state index is -0.419. The smallest absolute Gasteiger partial charge is 0.294 e. The molecule has 7 nitrogen and oxygen atoms in total. The lowest BCUT2D eigenvalue weighted by molar-refractivity contribution is -0.122. The third-order valence-electron chi connectivity index (χ3n) is 4.57. The van der Waals surface area contributed by atoms with E-state index in [-0.39, 0.29) is 29.9 Å². The molecule has 0 saturated carbocycles. The number of halogens is 1. The van der Waals surface area contributed by atoms with Crippen LogP contribution in [-0.2, 0) is 16.1 Å². The summed E-state index contributed by atoms with van der Waals surface area (Å²) in [6.07, 6.45) is 1.92. The Morgan fingerprint density at radius 2 is 2.18 bits per heavy atom. The molecule has 1 amide bonds. The normalized spacial score (nSPS) is 16.6. The summed E-state index contributed by atoms with van der Waals surface area (Å²) in [7, 11) is 0. The number of hydrogen-bond acceptors (Lipinski definition) is 6. The third kappa shape index (κ3) is 3.81. The van der Waals surface area contributed by atoms with Crippen molar-refractivity contribution in [2.24, 2.45) is 0 Å². The van der Waals surface area contributed by atoms with Crippen molar-refractivity contribution in [3.05, 3.63) is 45.4 Å². The zero-order valence-electron chi connectivity index (χ0n) is 15.3. The molecule has 0 aliphatic carbocycles. The van der Waals surface area contributed by atoms with Crippen LogP contribution in [0, 0.1) is 12.7 Å². The Morgan fingerprint density at radius 1 is 1.39 bits per heavy atom. The molecule has 1 N–H and O–H groups in total. The first kappa shape index (κ1) is 18.7. The Morgan fingerprint density at radius 3 is 2.89 bits per heavy atom. The molecule has 0 radical (unpaired) electrons. The van der Waals surface area contributed by atoms with E-state index in [1.165, 1.54) is 23.5 Å². The maximum Gasteiger partial charge on any atom is 0.294 e. The van der Waals surface area contributed by atoms with Crippen LogP contribution < -0.4 is 10.9 Å². The summed E-state index contributed by atoms with van der Waals surface area (Å²) >= 11 is 1.35. The minimum Gasteiger partial charge on any atom is -0.376 e. The van der Waals surface area contributed by atoms with Crippen molar-refractivity contribution in [2.45, 2.75) is 32.4 Å². The largest absolute Gasteiger partial charge is 0.376 e. The molecular formula is C19H19FN4O3S. The van der Waals surface area contributed by atoms with Gasteiger partial charge in [-0.1, -0.05) is 0 Å². The molecule has 4 rings (SSSR count). The van der Waals surface area contributed by atoms with E-state index >= 15 is 0 Å². The number of nitrogens with zero attached hydrogens (tertiary/aromatic N) is 3. The van der Waals surface area contributed by atoms with Gasteiger partial charge in [-0.15, -0.1) is 11.3 Å². The molecule has 0 spiro atoms. The fourth-order valence-corrected chi connectivity index (χ4v) is 4.11. The van der Waals surface area contributed by atoms with Crippen LogP contribution in [0.25, 0.3) is 21.5 Å². The lowest BCUT2D eigenvalue weighted by Gasteiger charge is -2.12. The summed E-state index contributed by atoms with van der Waals surface area (Å²) in [5, 5.41) is 7.90. The van der Waals surface area contributed by atoms with Gasteiger partial charge in [-0.25, -0.2) is 14.1 Å². The number of ether oxygens (including phenoxy) is 1. The molecule has 1 aliphatic rings. The molecule has 1 aromatic carbocycles. The summed E-state index contributed by atoms with van der Waals surface area (Å²) in [5.41, 5.74) is 1.01. The van der Waals surface area contributed by atoms with Crippen molar-refractivity contribution >= 4 is 27.5 Å². The van der Waals surface area contributed by atoms with Crippen molar-refractivity contribution < 1.29 is 13.9 Å². The molecule has 1 aliphatic heterocycles. The van der Waals surface area contributed by atoms with E-state index in [9.17, 15) is 14.0 Å². The van der Waals surface area contributed by atoms with E-state index < -0.39 is 5.56 Å². The zero-order valence-corrected chi connectivity index (χ0v) is 16.1. The molecule has 0 bridgehead atoms. The van der Waals surface area contributed by atoms with Crippen LogP contribution >= 0.6 is 11.3 Å². The van der Waals surface area contributed by atoms with Crippen LogP contribution in [0.3, 0.4) is 0 Å². The van der Waals surface area contributed by atoms with Gasteiger partial charge in [0.25, 0.3) is 5.56 Å². The number of thiazole rings is 1. The fraction of sp³-hybridized carbons (Fsp3) is 0.368. The maximum atomic E-state index is 13.3. The number of fused-ring (bicyclic) bond motifs is 1. The Kier molecular flexibility index (Phi) is 5.19. The van der Waals surface area contributed by atoms with Crippen LogP contribution in [0.1, 0.15) is 17.8 Å². The Labute approximate surface area is 164 Å². The van der Waals surface area contributed by atoms with Crippen LogP contribution in [-0.4, -0.2) is 39.9 Å². The van der Waals surface area contributed by atoms with Gasteiger partial charge in [0, 0.05) is 18.7 Å². The monoisotopic (exact) mass is 402 g/mol. The maximum absolute atomic E-state index is 13.3. The summed E-state index contributed by atoms with van der Waals surface area (Å²) < 4.78 is 20.5. The lowest BCUT2D eigenvalue weighted by atomic mass is 10.1. The summed E-state index contributed by atoms with van der Waals surface area (Å²) in [4.78, 5) is 29.4. The highest BCUT2D eigenvalue weighted by Gasteiger charge is 2.19. The molecular weight excluding hydrogens is 383 g/mol. The number of rotatable bonds is 5. The van der Waals surface area contributed by atoms with E-state index in [2.05, 4.69) is 15.4 Å². The SMILES string of the molecule is Cc1nc2c(=O)n(CC(=O)NCC3CCCO3)nc(-c3ccc(F)cc3)c2s1. The number of hydrogen-bond donors (Lipinski definition) is 1. The van der Waals surface area contributed by atoms with E-state index in [0.717, 1.165) is 22.5 Å². The molecule has 2 aromatic heterocycles. The van der Waals surface area contributed by atoms with Gasteiger partial charge in [0.1, 0.15) is 18.1 Å². The molecule has 1 unspecified atom stereocenters. The average Bonchev–Trinajstić information content (AvgIpc) is 3.33. The van der Waals surface area contributed by atoms with Gasteiger partial charge in [0.15, 0.2) is 5.52 Å². The van der Waals surface area contributed by atoms with Crippen molar-refractivity contribution in [3.63, 3.8) is 0 Å². The number of carbonyl (C=O) groups excluding carboxylic acids is 1. The van der Waals surface area contributed by atoms with Gasteiger partial charge in [-0.05, 0) is 44.0 Å². The fourth-order valence-electron chi connectivity index (χ4n) is 3.19. The lowest BCUT2D eigenvalue weighted by Crippen LogP contribution is -2.37. The molecule has 146 valence electrons. The highest BCUT2D eigenvalue weighted by Crippen LogP contribution is 2.29. The number of nitrogens with one attached hydrogen (secondary N) is 1. The summed E-state index contributed by atoms with van der Waals surface area (Å²) in [5.74, 6) is -0.677. The third-order valence-corrected chi connectivity index (χ3v) is 5.55. The van der Waals surface area contributed by atoms with Gasteiger partial charge in [-0.3, -0.25) is 9.59 Å². The van der Waals surface area contributed by atoms with Crippen LogP contribution in [0.5, 0.6) is 0 Å². The van der Waals surface area contributed by atoms with Crippen molar-refractivity contribution in [1.29, 1.82) is 0 Å². The quantitative estimate of drug-likeness (QED) is 0.708. The summed E-state index contributed by atoms with van der Waals surface area (Å²) in [6.45, 7) is 2.71. The Bertz CT molecular complexity index is 1070. The van der Waals surface area contributed by atoms with Gasteiger partial charge < -0.3 is 10.1 Å². The number of carbonyl (C=O) groups is 1. The standard InChI is InChI=1S/C19H19FN4O3S/c1-11-22-17-18(28-11)16(12-4-6-13(20)7-5-12)23-24(19(17)26)10-15(25)21-9-14-3-2-8-27-14/h4-7,14H,2-3,8-10H2,1H3,(H,21,25). The minimum absolute atomic E-state index is 0.0204. The number of benzene rings is 1. The second-order valence-electron chi connectivity index (χ2n) is 6.67. The molecule has 1 atom stereocenters. The second kappa shape index (κ2) is 7.76.